The zero-order valence-corrected chi connectivity index (χ0v) is 8.16. The fourth-order valence-corrected chi connectivity index (χ4v) is 1.27. The maximum Gasteiger partial charge on any atom is 0.337 e. The molecule has 0 aliphatic carbocycles. The third-order valence-electron chi connectivity index (χ3n) is 1.90. The normalized spacial score (nSPS) is 12.5. The molecule has 1 aromatic carbocycles. The van der Waals surface area contributed by atoms with Crippen molar-refractivity contribution in [2.75, 3.05) is 6.54 Å². The number of halogens is 1. The lowest BCUT2D eigenvalue weighted by Crippen LogP contribution is -2.21. The Balaban J connectivity index is 3.12. The average molecular weight is 215 g/mol. The number of carbonyl (C=O) groups is 1. The Morgan fingerprint density at radius 3 is 2.71 bits per heavy atom. The van der Waals surface area contributed by atoms with Gasteiger partial charge in [0.1, 0.15) is 0 Å². The van der Waals surface area contributed by atoms with Crippen molar-refractivity contribution in [3.05, 3.63) is 34.3 Å². The molecule has 0 saturated carbocycles. The Morgan fingerprint density at radius 1 is 1.57 bits per heavy atom. The van der Waals surface area contributed by atoms with Crippen LogP contribution in [-0.4, -0.2) is 17.6 Å². The SMILES string of the molecule is NC[C@H](N)c1ccc(Cl)c(C(=O)O)c1. The largest absolute Gasteiger partial charge is 0.478 e. The molecule has 14 heavy (non-hydrogen) atoms. The second-order valence-electron chi connectivity index (χ2n) is 2.89. The monoisotopic (exact) mass is 214 g/mol. The summed E-state index contributed by atoms with van der Waals surface area (Å²) in [6, 6.07) is 4.27. The van der Waals surface area contributed by atoms with Crippen molar-refractivity contribution in [1.82, 2.24) is 0 Å². The molecule has 1 rings (SSSR count). The van der Waals surface area contributed by atoms with Crippen LogP contribution in [0.2, 0.25) is 5.02 Å². The van der Waals surface area contributed by atoms with Crippen molar-refractivity contribution in [1.29, 1.82) is 0 Å². The van der Waals surface area contributed by atoms with E-state index in [0.29, 0.717) is 5.56 Å². The molecule has 4 nitrogen and oxygen atoms in total. The van der Waals surface area contributed by atoms with Crippen LogP contribution in [0, 0.1) is 0 Å². The lowest BCUT2D eigenvalue weighted by atomic mass is 10.0. The molecule has 0 aliphatic rings. The molecule has 0 radical (unpaired) electrons. The summed E-state index contributed by atoms with van der Waals surface area (Å²) in [7, 11) is 0. The minimum absolute atomic E-state index is 0.0491. The van der Waals surface area contributed by atoms with Gasteiger partial charge >= 0.3 is 5.97 Å². The van der Waals surface area contributed by atoms with E-state index in [1.165, 1.54) is 12.1 Å². The first-order chi connectivity index (χ1) is 6.56. The van der Waals surface area contributed by atoms with Gasteiger partial charge in [-0.3, -0.25) is 0 Å². The molecule has 76 valence electrons. The van der Waals surface area contributed by atoms with Gasteiger partial charge in [-0.1, -0.05) is 17.7 Å². The number of nitrogens with two attached hydrogens (primary N) is 2. The average Bonchev–Trinajstić information content (AvgIpc) is 2.17. The van der Waals surface area contributed by atoms with Gasteiger partial charge in [-0.15, -0.1) is 0 Å². The second-order valence-corrected chi connectivity index (χ2v) is 3.29. The highest BCUT2D eigenvalue weighted by Gasteiger charge is 2.11. The summed E-state index contributed by atoms with van der Waals surface area (Å²) >= 11 is 5.69. The number of hydrogen-bond acceptors (Lipinski definition) is 3. The van der Waals surface area contributed by atoms with E-state index in [2.05, 4.69) is 0 Å². The van der Waals surface area contributed by atoms with Gasteiger partial charge in [0.2, 0.25) is 0 Å². The van der Waals surface area contributed by atoms with E-state index in [1.54, 1.807) is 6.07 Å². The number of benzene rings is 1. The van der Waals surface area contributed by atoms with E-state index in [4.69, 9.17) is 28.2 Å². The number of carboxylic acid groups (broad SMARTS) is 1. The fourth-order valence-electron chi connectivity index (χ4n) is 1.07. The summed E-state index contributed by atoms with van der Waals surface area (Å²) in [6.45, 7) is 0.265. The zero-order valence-electron chi connectivity index (χ0n) is 7.40. The molecule has 0 unspecified atom stereocenters. The Labute approximate surface area is 86.5 Å². The number of carboxylic acids is 1. The Hall–Kier alpha value is -1.10. The third kappa shape index (κ3) is 2.23. The molecule has 0 amide bonds. The van der Waals surface area contributed by atoms with Crippen molar-refractivity contribution < 1.29 is 9.90 Å². The smallest absolute Gasteiger partial charge is 0.337 e. The minimum atomic E-state index is -1.07. The van der Waals surface area contributed by atoms with E-state index in [1.807, 2.05) is 0 Å². The van der Waals surface area contributed by atoms with E-state index in [0.717, 1.165) is 0 Å². The predicted molar refractivity (Wildman–Crippen MR) is 54.4 cm³/mol. The first-order valence-electron chi connectivity index (χ1n) is 4.04. The maximum atomic E-state index is 10.7. The van der Waals surface area contributed by atoms with Crippen LogP contribution in [-0.2, 0) is 0 Å². The van der Waals surface area contributed by atoms with Crippen LogP contribution < -0.4 is 11.5 Å². The Morgan fingerprint density at radius 2 is 2.21 bits per heavy atom. The zero-order chi connectivity index (χ0) is 10.7. The molecule has 0 aliphatic heterocycles. The topological polar surface area (TPSA) is 89.3 Å². The Bertz CT molecular complexity index is 355. The molecule has 5 N–H and O–H groups in total. The van der Waals surface area contributed by atoms with Crippen molar-refractivity contribution in [2.45, 2.75) is 6.04 Å². The molecule has 0 bridgehead atoms. The van der Waals surface area contributed by atoms with Gasteiger partial charge in [0.05, 0.1) is 10.6 Å². The van der Waals surface area contributed by atoms with Gasteiger partial charge in [-0.2, -0.15) is 0 Å². The van der Waals surface area contributed by atoms with Crippen molar-refractivity contribution in [3.63, 3.8) is 0 Å². The molecule has 1 atom stereocenters. The van der Waals surface area contributed by atoms with Crippen LogP contribution in [0.15, 0.2) is 18.2 Å². The van der Waals surface area contributed by atoms with Gasteiger partial charge < -0.3 is 16.6 Å². The Kier molecular flexibility index (Phi) is 3.46. The van der Waals surface area contributed by atoms with Crippen LogP contribution in [0.1, 0.15) is 22.0 Å². The van der Waals surface area contributed by atoms with Gasteiger partial charge in [0.25, 0.3) is 0 Å². The second kappa shape index (κ2) is 4.41. The minimum Gasteiger partial charge on any atom is -0.478 e. The summed E-state index contributed by atoms with van der Waals surface area (Å²) in [5, 5.41) is 8.99. The highest BCUT2D eigenvalue weighted by molar-refractivity contribution is 6.33. The number of aromatic carboxylic acids is 1. The van der Waals surface area contributed by atoms with Crippen LogP contribution in [0.25, 0.3) is 0 Å². The summed E-state index contributed by atoms with van der Waals surface area (Å²) in [6.07, 6.45) is 0. The van der Waals surface area contributed by atoms with Crippen molar-refractivity contribution in [2.24, 2.45) is 11.5 Å². The molecular formula is C9H11ClN2O2. The lowest BCUT2D eigenvalue weighted by Gasteiger charge is -2.10. The molecular weight excluding hydrogens is 204 g/mol. The highest BCUT2D eigenvalue weighted by atomic mass is 35.5. The van der Waals surface area contributed by atoms with Gasteiger partial charge in [0, 0.05) is 12.6 Å². The quantitative estimate of drug-likeness (QED) is 0.700. The van der Waals surface area contributed by atoms with Gasteiger partial charge in [-0.25, -0.2) is 4.79 Å². The first kappa shape index (κ1) is 11.0. The molecule has 0 spiro atoms. The fraction of sp³-hybridized carbons (Fsp3) is 0.222. The summed E-state index contributed by atoms with van der Waals surface area (Å²) in [4.78, 5) is 10.7. The number of rotatable bonds is 3. The van der Waals surface area contributed by atoms with E-state index in [-0.39, 0.29) is 23.2 Å². The van der Waals surface area contributed by atoms with Crippen LogP contribution in [0.3, 0.4) is 0 Å². The molecule has 0 fully saturated rings. The van der Waals surface area contributed by atoms with E-state index >= 15 is 0 Å². The predicted octanol–water partition coefficient (Wildman–Crippen LogP) is 0.997. The van der Waals surface area contributed by atoms with Crippen LogP contribution in [0.5, 0.6) is 0 Å². The molecule has 1 aromatic rings. The van der Waals surface area contributed by atoms with Gasteiger partial charge in [0.15, 0.2) is 0 Å². The molecule has 0 heterocycles. The van der Waals surface area contributed by atoms with Crippen molar-refractivity contribution in [3.8, 4) is 0 Å². The van der Waals surface area contributed by atoms with E-state index in [9.17, 15) is 4.79 Å². The first-order valence-corrected chi connectivity index (χ1v) is 4.42. The van der Waals surface area contributed by atoms with Crippen LogP contribution >= 0.6 is 11.6 Å². The summed E-state index contributed by atoms with van der Waals surface area (Å²) < 4.78 is 0. The van der Waals surface area contributed by atoms with Gasteiger partial charge in [-0.05, 0) is 17.7 Å². The highest BCUT2D eigenvalue weighted by Crippen LogP contribution is 2.20. The molecule has 0 aromatic heterocycles. The van der Waals surface area contributed by atoms with E-state index < -0.39 is 5.97 Å². The van der Waals surface area contributed by atoms with Crippen molar-refractivity contribution >= 4 is 17.6 Å². The third-order valence-corrected chi connectivity index (χ3v) is 2.23. The molecule has 0 saturated heterocycles. The molecule has 5 heteroatoms. The van der Waals surface area contributed by atoms with Crippen LogP contribution in [0.4, 0.5) is 0 Å². The maximum absolute atomic E-state index is 10.7. The standard InChI is InChI=1S/C9H11ClN2O2/c10-7-2-1-5(8(12)4-11)3-6(7)9(13)14/h1-3,8H,4,11-12H2,(H,13,14)/t8-/m0/s1. The lowest BCUT2D eigenvalue weighted by molar-refractivity contribution is 0.0697. The summed E-state index contributed by atoms with van der Waals surface area (Å²) in [5.74, 6) is -1.07. The summed E-state index contributed by atoms with van der Waals surface area (Å²) in [5.41, 5.74) is 11.7. The number of hydrogen-bond donors (Lipinski definition) is 3.